The van der Waals surface area contributed by atoms with Crippen LogP contribution in [0.4, 0.5) is 0 Å². The summed E-state index contributed by atoms with van der Waals surface area (Å²) in [6, 6.07) is 13.9. The molecule has 0 spiro atoms. The minimum atomic E-state index is -0.564. The molecule has 2 aromatic carbocycles. The highest BCUT2D eigenvalue weighted by Gasteiger charge is 2.19. The lowest BCUT2D eigenvalue weighted by atomic mass is 10.1. The maximum Gasteiger partial charge on any atom is 0.340 e. The minimum absolute atomic E-state index is 0.0455. The van der Waals surface area contributed by atoms with E-state index < -0.39 is 17.2 Å². The summed E-state index contributed by atoms with van der Waals surface area (Å²) >= 11 is 0. The normalized spacial score (nSPS) is 11.2. The van der Waals surface area contributed by atoms with Crippen LogP contribution in [0.15, 0.2) is 67.0 Å². The first-order valence-corrected chi connectivity index (χ1v) is 11.0. The molecule has 0 saturated heterocycles. The van der Waals surface area contributed by atoms with Gasteiger partial charge in [0.2, 0.25) is 0 Å². The average molecular weight is 479 g/mol. The van der Waals surface area contributed by atoms with Crippen LogP contribution < -0.4 is 20.7 Å². The summed E-state index contributed by atoms with van der Waals surface area (Å²) in [6.07, 6.45) is 0. The van der Waals surface area contributed by atoms with Crippen LogP contribution in [0.1, 0.15) is 18.1 Å². The zero-order chi connectivity index (χ0) is 24.9. The van der Waals surface area contributed by atoms with Gasteiger partial charge in [0.1, 0.15) is 0 Å². The van der Waals surface area contributed by atoms with Gasteiger partial charge in [0.15, 0.2) is 22.7 Å². The lowest BCUT2D eigenvalue weighted by Crippen LogP contribution is -2.33. The van der Waals surface area contributed by atoms with Crippen molar-refractivity contribution in [1.82, 2.24) is 4.90 Å². The Morgan fingerprint density at radius 2 is 1.31 bits per heavy atom. The Labute approximate surface area is 200 Å². The molecular weight excluding hydrogens is 454 g/mol. The van der Waals surface area contributed by atoms with Crippen LogP contribution in [0.25, 0.3) is 21.9 Å². The van der Waals surface area contributed by atoms with Gasteiger partial charge in [-0.1, -0.05) is 24.3 Å². The number of carbonyl (C=O) groups excluding carboxylic acids is 1. The Morgan fingerprint density at radius 1 is 0.829 bits per heavy atom. The molecule has 9 heteroatoms. The fraction of sp³-hybridized carbons (Fsp3) is 0.269. The van der Waals surface area contributed by atoms with Crippen LogP contribution >= 0.6 is 0 Å². The Kier molecular flexibility index (Phi) is 7.17. The number of para-hydroxylation sites is 2. The maximum atomic E-state index is 12.8. The highest BCUT2D eigenvalue weighted by molar-refractivity contribution is 5.83. The number of hydrogen-bond acceptors (Lipinski definition) is 9. The van der Waals surface area contributed by atoms with Crippen molar-refractivity contribution in [3.8, 4) is 11.5 Å². The number of carbonyl (C=O) groups is 1. The third kappa shape index (κ3) is 5.20. The van der Waals surface area contributed by atoms with Crippen LogP contribution in [0.3, 0.4) is 0 Å². The average Bonchev–Trinajstić information content (AvgIpc) is 2.84. The fourth-order valence-electron chi connectivity index (χ4n) is 3.90. The monoisotopic (exact) mass is 479 g/mol. The van der Waals surface area contributed by atoms with E-state index in [1.165, 1.54) is 14.2 Å². The largest absolute Gasteiger partial charge is 0.493 e. The van der Waals surface area contributed by atoms with Crippen molar-refractivity contribution < 1.29 is 27.8 Å². The summed E-state index contributed by atoms with van der Waals surface area (Å²) in [5, 5.41) is 1.35. The maximum absolute atomic E-state index is 12.8. The van der Waals surface area contributed by atoms with E-state index in [1.807, 2.05) is 0 Å². The van der Waals surface area contributed by atoms with Crippen molar-refractivity contribution >= 4 is 27.9 Å². The van der Waals surface area contributed by atoms with Crippen LogP contribution in [0.2, 0.25) is 0 Å². The quantitative estimate of drug-likeness (QED) is 0.263. The molecule has 4 rings (SSSR count). The molecule has 0 aliphatic heterocycles. The van der Waals surface area contributed by atoms with Gasteiger partial charge in [0, 0.05) is 23.9 Å². The van der Waals surface area contributed by atoms with Gasteiger partial charge in [-0.15, -0.1) is 0 Å². The number of rotatable bonds is 9. The molecule has 0 N–H and O–H groups in total. The van der Waals surface area contributed by atoms with E-state index in [-0.39, 0.29) is 26.2 Å². The predicted molar refractivity (Wildman–Crippen MR) is 129 cm³/mol. The number of methoxy groups -OCH3 is 2. The number of fused-ring (bicyclic) bond motifs is 2. The Morgan fingerprint density at radius 3 is 1.74 bits per heavy atom. The molecule has 2 heterocycles. The summed E-state index contributed by atoms with van der Waals surface area (Å²) in [5.41, 5.74) is 0.190. The minimum Gasteiger partial charge on any atom is -0.493 e. The number of nitrogens with zero attached hydrogens (tertiary/aromatic N) is 1. The summed E-state index contributed by atoms with van der Waals surface area (Å²) in [7, 11) is 2.99. The Balaban J connectivity index is 1.70. The summed E-state index contributed by atoms with van der Waals surface area (Å²) in [5.74, 6) is 0.406. The standard InChI is InChI=1S/C26H25NO8/c1-4-33-22(28)15-27(13-18-11-16-7-5-9-20(31-2)23(16)34-25(18)29)14-19-12-17-8-6-10-21(32-3)24(17)35-26(19)30/h5-12H,4,13-15H2,1-3H3. The van der Waals surface area contributed by atoms with E-state index in [1.54, 1.807) is 60.4 Å². The molecule has 0 aliphatic carbocycles. The van der Waals surface area contributed by atoms with Gasteiger partial charge in [0.05, 0.1) is 38.5 Å². The SMILES string of the molecule is CCOC(=O)CN(Cc1cc2cccc(OC)c2oc1=O)Cc1cc2cccc(OC)c2oc1=O. The topological polar surface area (TPSA) is 108 Å². The predicted octanol–water partition coefficient (Wildman–Crippen LogP) is 3.48. The molecule has 0 bridgehead atoms. The third-order valence-electron chi connectivity index (χ3n) is 5.48. The van der Waals surface area contributed by atoms with Gasteiger partial charge in [-0.05, 0) is 31.2 Å². The molecule has 182 valence electrons. The zero-order valence-electron chi connectivity index (χ0n) is 19.7. The lowest BCUT2D eigenvalue weighted by molar-refractivity contribution is -0.144. The molecule has 0 atom stereocenters. The van der Waals surface area contributed by atoms with Gasteiger partial charge < -0.3 is 23.0 Å². The number of esters is 1. The molecule has 0 fully saturated rings. The van der Waals surface area contributed by atoms with Gasteiger partial charge in [-0.3, -0.25) is 9.69 Å². The first kappa shape index (κ1) is 24.0. The molecule has 0 unspecified atom stereocenters. The number of benzene rings is 2. The van der Waals surface area contributed by atoms with Crippen LogP contribution in [0, 0.1) is 0 Å². The first-order chi connectivity index (χ1) is 16.9. The molecule has 4 aromatic rings. The van der Waals surface area contributed by atoms with Gasteiger partial charge >= 0.3 is 17.2 Å². The van der Waals surface area contributed by atoms with E-state index >= 15 is 0 Å². The summed E-state index contributed by atoms with van der Waals surface area (Å²) in [6.45, 7) is 1.87. The molecule has 35 heavy (non-hydrogen) atoms. The molecule has 2 aromatic heterocycles. The summed E-state index contributed by atoms with van der Waals surface area (Å²) in [4.78, 5) is 39.4. The third-order valence-corrected chi connectivity index (χ3v) is 5.48. The van der Waals surface area contributed by atoms with E-state index in [0.717, 1.165) is 0 Å². The van der Waals surface area contributed by atoms with E-state index in [4.69, 9.17) is 23.0 Å². The molecule has 0 radical (unpaired) electrons. The highest BCUT2D eigenvalue weighted by Crippen LogP contribution is 2.26. The highest BCUT2D eigenvalue weighted by atomic mass is 16.5. The van der Waals surface area contributed by atoms with Crippen LogP contribution in [-0.2, 0) is 22.6 Å². The molecule has 0 saturated carbocycles. The van der Waals surface area contributed by atoms with Gasteiger partial charge in [0.25, 0.3) is 0 Å². The second-order valence-electron chi connectivity index (χ2n) is 7.83. The molecule has 0 aliphatic rings. The smallest absolute Gasteiger partial charge is 0.340 e. The molecule has 9 nitrogen and oxygen atoms in total. The van der Waals surface area contributed by atoms with Crippen LogP contribution in [0.5, 0.6) is 11.5 Å². The van der Waals surface area contributed by atoms with Crippen molar-refractivity contribution in [2.75, 3.05) is 27.4 Å². The van der Waals surface area contributed by atoms with Crippen molar-refractivity contribution in [3.05, 3.63) is 80.5 Å². The van der Waals surface area contributed by atoms with Gasteiger partial charge in [-0.25, -0.2) is 9.59 Å². The van der Waals surface area contributed by atoms with E-state index in [0.29, 0.717) is 44.6 Å². The van der Waals surface area contributed by atoms with E-state index in [9.17, 15) is 14.4 Å². The Bertz CT molecular complexity index is 1380. The summed E-state index contributed by atoms with van der Waals surface area (Å²) < 4.78 is 26.6. The zero-order valence-corrected chi connectivity index (χ0v) is 19.7. The van der Waals surface area contributed by atoms with E-state index in [2.05, 4.69) is 0 Å². The van der Waals surface area contributed by atoms with Crippen LogP contribution in [-0.4, -0.2) is 38.2 Å². The second kappa shape index (κ2) is 10.4. The van der Waals surface area contributed by atoms with Crippen molar-refractivity contribution in [1.29, 1.82) is 0 Å². The van der Waals surface area contributed by atoms with Crippen molar-refractivity contribution in [3.63, 3.8) is 0 Å². The molecule has 0 amide bonds. The number of ether oxygens (including phenoxy) is 3. The first-order valence-electron chi connectivity index (χ1n) is 11.0. The Hall–Kier alpha value is -4.11. The van der Waals surface area contributed by atoms with Crippen molar-refractivity contribution in [2.45, 2.75) is 20.0 Å². The van der Waals surface area contributed by atoms with Gasteiger partial charge in [-0.2, -0.15) is 0 Å². The fourth-order valence-corrected chi connectivity index (χ4v) is 3.90. The molecular formula is C26H25NO8. The lowest BCUT2D eigenvalue weighted by Gasteiger charge is -2.21. The van der Waals surface area contributed by atoms with Crippen molar-refractivity contribution in [2.24, 2.45) is 0 Å². The second-order valence-corrected chi connectivity index (χ2v) is 7.83. The number of hydrogen-bond donors (Lipinski definition) is 0.